The van der Waals surface area contributed by atoms with Crippen LogP contribution < -0.4 is 15.6 Å². The van der Waals surface area contributed by atoms with Crippen molar-refractivity contribution in [1.82, 2.24) is 9.55 Å². The summed E-state index contributed by atoms with van der Waals surface area (Å²) in [4.78, 5) is 41.1. The van der Waals surface area contributed by atoms with Gasteiger partial charge in [0.15, 0.2) is 0 Å². The Labute approximate surface area is 240 Å². The van der Waals surface area contributed by atoms with Crippen molar-refractivity contribution < 1.29 is 24.2 Å². The monoisotopic (exact) mass is 574 g/mol. The normalized spacial score (nSPS) is 13.5. The first-order chi connectivity index (χ1) is 19.7. The van der Waals surface area contributed by atoms with Gasteiger partial charge in [-0.1, -0.05) is 11.6 Å². The number of carbonyl (C=O) groups is 2. The van der Waals surface area contributed by atoms with Crippen LogP contribution >= 0.6 is 11.6 Å². The number of pyridine rings is 1. The molecule has 41 heavy (non-hydrogen) atoms. The van der Waals surface area contributed by atoms with Crippen molar-refractivity contribution in [2.75, 3.05) is 19.0 Å². The third-order valence-corrected chi connectivity index (χ3v) is 7.10. The zero-order valence-electron chi connectivity index (χ0n) is 22.1. The number of carboxylic acids is 1. The van der Waals surface area contributed by atoms with Crippen molar-refractivity contribution in [1.29, 1.82) is 5.26 Å². The summed E-state index contributed by atoms with van der Waals surface area (Å²) in [5, 5.41) is 22.8. The molecule has 0 saturated heterocycles. The molecular weight excluding hydrogens is 548 g/mol. The minimum Gasteiger partial charge on any atom is -0.489 e. The second-order valence-electron chi connectivity index (χ2n) is 9.89. The fraction of sp³-hybridized carbons (Fsp3) is 0.267. The Hall–Kier alpha value is -4.59. The highest BCUT2D eigenvalue weighted by atomic mass is 35.5. The van der Waals surface area contributed by atoms with Gasteiger partial charge in [-0.3, -0.25) is 14.2 Å². The molecule has 3 N–H and O–H groups in total. The number of aromatic nitrogens is 2. The van der Waals surface area contributed by atoms with Crippen molar-refractivity contribution in [2.24, 2.45) is 0 Å². The number of hydrogen-bond donors (Lipinski definition) is 3. The molecule has 1 aliphatic carbocycles. The Morgan fingerprint density at radius 1 is 1.20 bits per heavy atom. The molecule has 1 amide bonds. The number of nitrogens with zero attached hydrogens (tertiary/aromatic N) is 2. The zero-order chi connectivity index (χ0) is 29.1. The number of ether oxygens (including phenoxy) is 2. The number of amides is 1. The lowest BCUT2D eigenvalue weighted by molar-refractivity contribution is -0.119. The molecule has 0 radical (unpaired) electrons. The maximum atomic E-state index is 13.5. The Morgan fingerprint density at radius 3 is 2.71 bits per heavy atom. The number of methoxy groups -OCH3 is 1. The molecule has 11 heteroatoms. The van der Waals surface area contributed by atoms with E-state index in [1.807, 2.05) is 0 Å². The van der Waals surface area contributed by atoms with Gasteiger partial charge in [-0.25, -0.2) is 4.79 Å². The Bertz CT molecular complexity index is 1730. The second kappa shape index (κ2) is 11.9. The fourth-order valence-corrected chi connectivity index (χ4v) is 4.82. The molecule has 1 aliphatic rings. The van der Waals surface area contributed by atoms with Crippen LogP contribution in [0.1, 0.15) is 52.5 Å². The van der Waals surface area contributed by atoms with Gasteiger partial charge >= 0.3 is 5.97 Å². The number of H-pyrrole nitrogens is 1. The number of nitrogens with one attached hydrogen (secondary N) is 2. The number of halogens is 1. The predicted octanol–water partition coefficient (Wildman–Crippen LogP) is 4.90. The number of aromatic amines is 1. The van der Waals surface area contributed by atoms with Crippen LogP contribution in [0.15, 0.2) is 59.5 Å². The SMILES string of the molecule is COCCC(C(=O)Nc1ccc2[nH]c(C(=O)O)cc2c1)n1cc(OC2CC2)c(Cc2cc(Cl)ccc2C#N)cc1=O. The van der Waals surface area contributed by atoms with Crippen molar-refractivity contribution in [3.8, 4) is 11.8 Å². The van der Waals surface area contributed by atoms with E-state index in [0.717, 1.165) is 12.8 Å². The standard InChI is InChI=1S/C30H27ClN4O6/c1-40-9-8-26(29(37)33-22-4-7-24-19(12-22)13-25(34-24)30(38)39)35-16-27(41-23-5-6-23)20(14-28(35)36)10-18-11-21(31)3-2-17(18)15-32/h2-4,7,11-14,16,23,26,34H,5-6,8-10H2,1H3,(H,33,37)(H,38,39). The van der Waals surface area contributed by atoms with Gasteiger partial charge < -0.3 is 24.9 Å². The Kier molecular flexibility index (Phi) is 8.10. The summed E-state index contributed by atoms with van der Waals surface area (Å²) < 4.78 is 12.7. The summed E-state index contributed by atoms with van der Waals surface area (Å²) >= 11 is 6.18. The van der Waals surface area contributed by atoms with E-state index in [0.29, 0.717) is 44.1 Å². The van der Waals surface area contributed by atoms with Gasteiger partial charge in [0.05, 0.1) is 23.9 Å². The van der Waals surface area contributed by atoms with E-state index in [2.05, 4.69) is 16.4 Å². The molecule has 1 fully saturated rings. The van der Waals surface area contributed by atoms with E-state index in [1.165, 1.54) is 23.8 Å². The molecule has 0 aliphatic heterocycles. The first-order valence-electron chi connectivity index (χ1n) is 13.0. The highest BCUT2D eigenvalue weighted by Crippen LogP contribution is 2.31. The molecule has 210 valence electrons. The maximum absolute atomic E-state index is 13.5. The molecule has 10 nitrogen and oxygen atoms in total. The highest BCUT2D eigenvalue weighted by Gasteiger charge is 2.28. The Morgan fingerprint density at radius 2 is 2.00 bits per heavy atom. The lowest BCUT2D eigenvalue weighted by Gasteiger charge is -2.22. The largest absolute Gasteiger partial charge is 0.489 e. The molecule has 0 bridgehead atoms. The number of benzene rings is 2. The molecular formula is C30H27ClN4O6. The average molecular weight is 575 g/mol. The zero-order valence-corrected chi connectivity index (χ0v) is 22.9. The van der Waals surface area contributed by atoms with E-state index in [1.54, 1.807) is 42.6 Å². The summed E-state index contributed by atoms with van der Waals surface area (Å²) in [6.45, 7) is 0.220. The van der Waals surface area contributed by atoms with Crippen molar-refractivity contribution in [3.63, 3.8) is 0 Å². The van der Waals surface area contributed by atoms with Gasteiger partial charge in [0.2, 0.25) is 5.91 Å². The van der Waals surface area contributed by atoms with Crippen LogP contribution in [-0.4, -0.2) is 46.4 Å². The Balaban J connectivity index is 1.48. The van der Waals surface area contributed by atoms with Gasteiger partial charge in [0.25, 0.3) is 5.56 Å². The molecule has 0 spiro atoms. The molecule has 2 aromatic carbocycles. The molecule has 1 atom stereocenters. The lowest BCUT2D eigenvalue weighted by atomic mass is 10.00. The number of aromatic carboxylic acids is 1. The molecule has 5 rings (SSSR count). The lowest BCUT2D eigenvalue weighted by Crippen LogP contribution is -2.34. The van der Waals surface area contributed by atoms with E-state index < -0.39 is 23.5 Å². The summed E-state index contributed by atoms with van der Waals surface area (Å²) in [7, 11) is 1.51. The van der Waals surface area contributed by atoms with Gasteiger partial charge in [-0.05, 0) is 60.9 Å². The summed E-state index contributed by atoms with van der Waals surface area (Å²) in [5.41, 5.74) is 2.40. The first kappa shape index (κ1) is 28.0. The second-order valence-corrected chi connectivity index (χ2v) is 10.3. The predicted molar refractivity (Wildman–Crippen MR) is 153 cm³/mol. The van der Waals surface area contributed by atoms with E-state index in [4.69, 9.17) is 21.1 Å². The molecule has 4 aromatic rings. The first-order valence-corrected chi connectivity index (χ1v) is 13.4. The van der Waals surface area contributed by atoms with Crippen LogP contribution in [0.2, 0.25) is 5.02 Å². The highest BCUT2D eigenvalue weighted by molar-refractivity contribution is 6.30. The van der Waals surface area contributed by atoms with Crippen LogP contribution in [-0.2, 0) is 16.0 Å². The topological polar surface area (TPSA) is 146 Å². The molecule has 2 aromatic heterocycles. The van der Waals surface area contributed by atoms with Crippen LogP contribution in [0.4, 0.5) is 5.69 Å². The van der Waals surface area contributed by atoms with Crippen molar-refractivity contribution >= 4 is 40.1 Å². The number of carboxylic acid groups (broad SMARTS) is 1. The number of fused-ring (bicyclic) bond motifs is 1. The number of hydrogen-bond acceptors (Lipinski definition) is 6. The van der Waals surface area contributed by atoms with Crippen molar-refractivity contribution in [3.05, 3.63) is 92.5 Å². The summed E-state index contributed by atoms with van der Waals surface area (Å²) in [6.07, 6.45) is 3.82. The van der Waals surface area contributed by atoms with Crippen LogP contribution in [0.25, 0.3) is 10.9 Å². The van der Waals surface area contributed by atoms with Gasteiger partial charge in [0, 0.05) is 59.8 Å². The summed E-state index contributed by atoms with van der Waals surface area (Å²) in [6, 6.07) is 14.1. The number of rotatable bonds is 11. The quantitative estimate of drug-likeness (QED) is 0.231. The smallest absolute Gasteiger partial charge is 0.352 e. The third-order valence-electron chi connectivity index (χ3n) is 6.86. The van der Waals surface area contributed by atoms with Crippen molar-refractivity contribution in [2.45, 2.75) is 37.8 Å². The van der Waals surface area contributed by atoms with E-state index in [9.17, 15) is 24.8 Å². The van der Waals surface area contributed by atoms with Crippen LogP contribution in [0.5, 0.6) is 5.75 Å². The molecule has 1 saturated carbocycles. The van der Waals surface area contributed by atoms with Gasteiger partial charge in [0.1, 0.15) is 17.5 Å². The number of nitriles is 1. The fourth-order valence-electron chi connectivity index (χ4n) is 4.62. The van der Waals surface area contributed by atoms with Gasteiger partial charge in [-0.15, -0.1) is 0 Å². The molecule has 1 unspecified atom stereocenters. The minimum absolute atomic E-state index is 0.0181. The minimum atomic E-state index is -1.09. The van der Waals surface area contributed by atoms with E-state index in [-0.39, 0.29) is 31.2 Å². The van der Waals surface area contributed by atoms with Crippen LogP contribution in [0, 0.1) is 11.3 Å². The molecule has 2 heterocycles. The van der Waals surface area contributed by atoms with Crippen LogP contribution in [0.3, 0.4) is 0 Å². The van der Waals surface area contributed by atoms with E-state index >= 15 is 0 Å². The third kappa shape index (κ3) is 6.43. The number of anilines is 1. The van der Waals surface area contributed by atoms with Gasteiger partial charge in [-0.2, -0.15) is 5.26 Å². The average Bonchev–Trinajstić information content (AvgIpc) is 3.65. The number of carbonyl (C=O) groups excluding carboxylic acids is 1. The maximum Gasteiger partial charge on any atom is 0.352 e. The summed E-state index contributed by atoms with van der Waals surface area (Å²) in [5.74, 6) is -1.07.